The van der Waals surface area contributed by atoms with Crippen molar-refractivity contribution in [1.29, 1.82) is 0 Å². The lowest BCUT2D eigenvalue weighted by atomic mass is 9.33. The minimum absolute atomic E-state index is 0.0218. The van der Waals surface area contributed by atoms with Gasteiger partial charge in [-0.05, 0) is 255 Å². The number of hydrogen-bond acceptors (Lipinski definition) is 2. The monoisotopic (exact) mass is 1180 g/mol. The minimum atomic E-state index is -0.132. The SMILES string of the molecule is Cc1cc(C)c(N2c3cc(-n4c5c(c6ccccc64)CCCC5)ccc3B3c4cc(-n5c6c(c7ccccc75)CCC6)cc(-n5c6c(c7ccccc75)CCC6)c4N(c4ccc(C(C)(C)C)cc4)c4cc(C5C6=C(CCCCC6)c6ccccc65)cc2c43)c(C)c1. The Morgan fingerprint density at radius 3 is 1.63 bits per heavy atom. The van der Waals surface area contributed by atoms with Gasteiger partial charge in [-0.3, -0.25) is 0 Å². The first-order chi connectivity index (χ1) is 44.6. The second-order valence-electron chi connectivity index (χ2n) is 29.1. The summed E-state index contributed by atoms with van der Waals surface area (Å²) in [6, 6.07) is 70.8. The first-order valence-corrected chi connectivity index (χ1v) is 34.5. The number of allylic oxidation sites excluding steroid dienone is 2. The number of para-hydroxylation sites is 3. The van der Waals surface area contributed by atoms with Crippen molar-refractivity contribution in [2.75, 3.05) is 9.80 Å². The van der Waals surface area contributed by atoms with Gasteiger partial charge in [0.2, 0.25) is 0 Å². The second kappa shape index (κ2) is 20.0. The van der Waals surface area contributed by atoms with Gasteiger partial charge >= 0.3 is 0 Å². The predicted molar refractivity (Wildman–Crippen MR) is 383 cm³/mol. The number of rotatable bonds is 6. The molecule has 0 amide bonds. The van der Waals surface area contributed by atoms with Crippen LogP contribution in [0.1, 0.15) is 157 Å². The van der Waals surface area contributed by atoms with E-state index >= 15 is 0 Å². The highest BCUT2D eigenvalue weighted by Gasteiger charge is 2.48. The number of hydrogen-bond donors (Lipinski definition) is 0. The van der Waals surface area contributed by atoms with Crippen molar-refractivity contribution >= 4 is 95.5 Å². The molecule has 5 heterocycles. The van der Waals surface area contributed by atoms with E-state index in [1.54, 1.807) is 11.1 Å². The van der Waals surface area contributed by atoms with E-state index in [-0.39, 0.29) is 18.0 Å². The number of aromatic nitrogens is 3. The Morgan fingerprint density at radius 2 is 0.945 bits per heavy atom. The maximum atomic E-state index is 2.79. The lowest BCUT2D eigenvalue weighted by Crippen LogP contribution is -2.62. The normalized spacial score (nSPS) is 17.1. The fraction of sp³-hybridized carbons (Fsp3) is 0.271. The van der Waals surface area contributed by atoms with E-state index in [0.717, 1.165) is 57.8 Å². The summed E-state index contributed by atoms with van der Waals surface area (Å²) in [4.78, 5) is 5.58. The largest absolute Gasteiger partial charge is 0.313 e. The molecule has 6 heteroatoms. The van der Waals surface area contributed by atoms with Crippen molar-refractivity contribution in [3.8, 4) is 17.1 Å². The molecule has 12 aromatic rings. The molecular formula is C85H78BN5. The van der Waals surface area contributed by atoms with Crippen molar-refractivity contribution in [3.63, 3.8) is 0 Å². The third kappa shape index (κ3) is 7.78. The molecule has 1 unspecified atom stereocenters. The van der Waals surface area contributed by atoms with E-state index in [9.17, 15) is 0 Å². The van der Waals surface area contributed by atoms with Crippen LogP contribution in [0.2, 0.25) is 0 Å². The highest BCUT2D eigenvalue weighted by atomic mass is 15.2. The van der Waals surface area contributed by atoms with E-state index in [0.29, 0.717) is 0 Å². The topological polar surface area (TPSA) is 21.3 Å². The molecule has 19 rings (SSSR count). The average molecular weight is 1180 g/mol. The fourth-order valence-corrected chi connectivity index (χ4v) is 19.2. The van der Waals surface area contributed by atoms with Gasteiger partial charge in [0.1, 0.15) is 0 Å². The van der Waals surface area contributed by atoms with Gasteiger partial charge in [0.05, 0.1) is 33.6 Å². The summed E-state index contributed by atoms with van der Waals surface area (Å²) in [6.07, 6.45) is 17.3. The van der Waals surface area contributed by atoms with Gasteiger partial charge in [-0.2, -0.15) is 0 Å². The summed E-state index contributed by atoms with van der Waals surface area (Å²) in [6.45, 7) is 14.0. The predicted octanol–water partition coefficient (Wildman–Crippen LogP) is 19.5. The number of benzene rings is 9. The molecule has 0 N–H and O–H groups in total. The average Bonchev–Trinajstić information content (AvgIpc) is 1.48. The summed E-state index contributed by atoms with van der Waals surface area (Å²) in [7, 11) is 0. The lowest BCUT2D eigenvalue weighted by Gasteiger charge is -2.46. The van der Waals surface area contributed by atoms with Crippen LogP contribution in [0, 0.1) is 20.8 Å². The highest BCUT2D eigenvalue weighted by Crippen LogP contribution is 2.56. The smallest absolute Gasteiger partial charge is 0.252 e. The van der Waals surface area contributed by atoms with Crippen molar-refractivity contribution in [3.05, 3.63) is 254 Å². The van der Waals surface area contributed by atoms with Gasteiger partial charge < -0.3 is 23.5 Å². The van der Waals surface area contributed by atoms with Crippen molar-refractivity contribution in [2.24, 2.45) is 0 Å². The zero-order valence-electron chi connectivity index (χ0n) is 53.7. The molecule has 2 aliphatic heterocycles. The number of nitrogens with zero attached hydrogens (tertiary/aromatic N) is 5. The fourth-order valence-electron chi connectivity index (χ4n) is 19.2. The molecule has 0 fully saturated rings. The van der Waals surface area contributed by atoms with Crippen molar-refractivity contribution in [2.45, 2.75) is 149 Å². The summed E-state index contributed by atoms with van der Waals surface area (Å²) >= 11 is 0. The van der Waals surface area contributed by atoms with Gasteiger partial charge in [-0.15, -0.1) is 0 Å². The first kappa shape index (κ1) is 53.8. The number of fused-ring (bicyclic) bond motifs is 15. The van der Waals surface area contributed by atoms with Gasteiger partial charge in [-0.25, -0.2) is 0 Å². The van der Waals surface area contributed by atoms with Crippen LogP contribution >= 0.6 is 0 Å². The molecule has 91 heavy (non-hydrogen) atoms. The van der Waals surface area contributed by atoms with Crippen LogP contribution in [0.15, 0.2) is 181 Å². The van der Waals surface area contributed by atoms with Crippen LogP contribution in [-0.2, 0) is 43.9 Å². The molecule has 0 saturated heterocycles. The Kier molecular flexibility index (Phi) is 11.8. The maximum Gasteiger partial charge on any atom is 0.252 e. The second-order valence-corrected chi connectivity index (χ2v) is 29.1. The Morgan fingerprint density at radius 1 is 0.407 bits per heavy atom. The molecular weight excluding hydrogens is 1100 g/mol. The van der Waals surface area contributed by atoms with Gasteiger partial charge in [0.15, 0.2) is 0 Å². The summed E-state index contributed by atoms with van der Waals surface area (Å²) in [5, 5.41) is 4.20. The van der Waals surface area contributed by atoms with Crippen molar-refractivity contribution in [1.82, 2.24) is 13.7 Å². The van der Waals surface area contributed by atoms with Gasteiger partial charge in [-0.1, -0.05) is 148 Å². The zero-order valence-corrected chi connectivity index (χ0v) is 53.7. The number of anilines is 6. The maximum absolute atomic E-state index is 2.79. The van der Waals surface area contributed by atoms with Crippen LogP contribution in [-0.4, -0.2) is 20.4 Å². The molecule has 0 radical (unpaired) electrons. The Labute approximate surface area is 536 Å². The molecule has 0 bridgehead atoms. The van der Waals surface area contributed by atoms with Crippen LogP contribution in [0.4, 0.5) is 34.1 Å². The van der Waals surface area contributed by atoms with Crippen LogP contribution in [0.5, 0.6) is 0 Å². The highest BCUT2D eigenvalue weighted by molar-refractivity contribution is 7.00. The van der Waals surface area contributed by atoms with Crippen LogP contribution in [0.25, 0.3) is 55.3 Å². The Balaban J connectivity index is 0.994. The van der Waals surface area contributed by atoms with E-state index in [2.05, 4.69) is 241 Å². The first-order valence-electron chi connectivity index (χ1n) is 34.5. The van der Waals surface area contributed by atoms with Crippen molar-refractivity contribution < 1.29 is 0 Å². The lowest BCUT2D eigenvalue weighted by molar-refractivity contribution is 0.590. The molecule has 7 aliphatic rings. The minimum Gasteiger partial charge on any atom is -0.313 e. The summed E-state index contributed by atoms with van der Waals surface area (Å²) < 4.78 is 8.16. The van der Waals surface area contributed by atoms with E-state index in [1.807, 2.05) is 0 Å². The van der Waals surface area contributed by atoms with Crippen LogP contribution in [0.3, 0.4) is 0 Å². The molecule has 0 spiro atoms. The third-order valence-corrected chi connectivity index (χ3v) is 22.8. The van der Waals surface area contributed by atoms with E-state index in [1.165, 1.54) is 212 Å². The zero-order chi connectivity index (χ0) is 60.7. The number of aryl methyl sites for hydroxylation is 6. The standard InChI is InChI=1S/C85H78BN5/c1-51-44-52(2)83(53(3)45-51)91-77-49-57(87-71-32-16-12-24-61(71)62-25-13-17-33-72(62)87)42-43-69(77)86-70-48-58(88-73-34-18-14-26-63(73)65-30-20-36-74(65)88)50-80(90-75-35-19-15-27-64(75)66-31-21-37-76(66)90)84(70)89(56-40-38-55(39-41-56)85(4,5)6)78-46-54(47-79(91)82(78)86)81-67-28-9-7-8-22-59(67)60-23-10-11-29-68(60)81/h10-12,14-16,18-19,23-24,26-27,29,32,34-35,38-50,81H,7-9,13,17,20-22,25,28,30-31,33,36-37H2,1-6H3. The quantitative estimate of drug-likeness (QED) is 0.155. The molecule has 3 aromatic heterocycles. The van der Waals surface area contributed by atoms with E-state index < -0.39 is 0 Å². The van der Waals surface area contributed by atoms with Crippen LogP contribution < -0.4 is 26.2 Å². The molecule has 1 atom stereocenters. The van der Waals surface area contributed by atoms with Gasteiger partial charge in [0.25, 0.3) is 6.71 Å². The molecule has 5 aliphatic carbocycles. The molecule has 446 valence electrons. The molecule has 9 aromatic carbocycles. The summed E-state index contributed by atoms with van der Waals surface area (Å²) in [5.74, 6) is 0.131. The van der Waals surface area contributed by atoms with E-state index in [4.69, 9.17) is 0 Å². The Bertz CT molecular complexity index is 5120. The third-order valence-electron chi connectivity index (χ3n) is 22.8. The molecule has 0 saturated carbocycles. The Hall–Kier alpha value is -9.00. The van der Waals surface area contributed by atoms with Gasteiger partial charge in [0, 0.05) is 73.3 Å². The molecule has 5 nitrogen and oxygen atoms in total. The summed E-state index contributed by atoms with van der Waals surface area (Å²) in [5.41, 5.74) is 41.2.